The van der Waals surface area contributed by atoms with Crippen LogP contribution >= 0.6 is 0 Å². The fourth-order valence-corrected chi connectivity index (χ4v) is 19.9. The molecule has 17 rings (SSSR count). The van der Waals surface area contributed by atoms with Crippen LogP contribution in [0, 0.1) is 34.6 Å². The minimum absolute atomic E-state index is 0.0295. The topological polar surface area (TPSA) is 4.93 Å². The summed E-state index contributed by atoms with van der Waals surface area (Å²) in [5.41, 5.74) is 41.9. The second kappa shape index (κ2) is 22.5. The summed E-state index contributed by atoms with van der Waals surface area (Å²) in [5, 5.41) is 2.67. The second-order valence-corrected chi connectivity index (χ2v) is 29.9. The van der Waals surface area contributed by atoms with Gasteiger partial charge in [-0.05, 0) is 205 Å². The maximum absolute atomic E-state index is 2.72. The van der Waals surface area contributed by atoms with Crippen LogP contribution in [0.15, 0.2) is 200 Å². The summed E-state index contributed by atoms with van der Waals surface area (Å²) in [5.74, 6) is 0. The van der Waals surface area contributed by atoms with Gasteiger partial charge in [-0.1, -0.05) is 303 Å². The molecule has 1 aromatic heterocycles. The van der Waals surface area contributed by atoms with Crippen LogP contribution in [0.2, 0.25) is 0 Å². The van der Waals surface area contributed by atoms with Gasteiger partial charge in [0.15, 0.2) is 0 Å². The maximum Gasteiger partial charge on any atom is 0.247 e. The molecule has 3 aliphatic carbocycles. The van der Waals surface area contributed by atoms with Gasteiger partial charge in [-0.3, -0.25) is 0 Å². The predicted molar refractivity (Wildman–Crippen MR) is 403 cm³/mol. The zero-order valence-electron chi connectivity index (χ0n) is 57.0. The number of unbranched alkanes of at least 4 members (excludes halogenated alkanes) is 10. The van der Waals surface area contributed by atoms with Crippen LogP contribution in [0.4, 0.5) is 0 Å². The second-order valence-electron chi connectivity index (χ2n) is 29.9. The van der Waals surface area contributed by atoms with Crippen molar-refractivity contribution >= 4 is 44.9 Å². The fraction of sp³-hybridized carbons (Fsp3) is 0.283. The molecule has 1 nitrogen and oxygen atoms in total. The van der Waals surface area contributed by atoms with E-state index in [9.17, 15) is 0 Å². The Morgan fingerprint density at radius 1 is 0.340 bits per heavy atom. The summed E-state index contributed by atoms with van der Waals surface area (Å²) in [6.07, 6.45) is 18.4. The van der Waals surface area contributed by atoms with Crippen LogP contribution in [0.3, 0.4) is 0 Å². The van der Waals surface area contributed by atoms with Gasteiger partial charge >= 0.3 is 0 Å². The lowest BCUT2D eigenvalue weighted by Gasteiger charge is -2.43. The molecule has 0 radical (unpaired) electrons. The van der Waals surface area contributed by atoms with E-state index >= 15 is 0 Å². The lowest BCUT2D eigenvalue weighted by molar-refractivity contribution is 0.398. The average Bonchev–Trinajstić information content (AvgIpc) is 1.44. The van der Waals surface area contributed by atoms with Crippen molar-refractivity contribution in [2.75, 3.05) is 0 Å². The molecule has 1 spiro atoms. The van der Waals surface area contributed by atoms with Gasteiger partial charge in [-0.15, -0.1) is 0 Å². The molecule has 0 atom stereocenters. The third kappa shape index (κ3) is 8.52. The first-order valence-corrected chi connectivity index (χ1v) is 36.1. The smallest absolute Gasteiger partial charge is 0.247 e. The molecular weight excluding hydrogens is 1130 g/mol. The van der Waals surface area contributed by atoms with E-state index in [1.54, 1.807) is 11.1 Å². The SMILES string of the molecule is CCCCCCCCC1(CCCCCCCC)c2ccccc2-c2ccc(-c3ccc4c(c3)C(C)(C)c3cc(-c5c(C)cc(-c6cc7c8c(c6)C6(c9ccccc9-c9ccccc96)c6cccc9c%10cccc(c%10n-8c69)B7c6c(C)cc(C)cc6C)cc5C)ccc3-4)cc21. The summed E-state index contributed by atoms with van der Waals surface area (Å²) < 4.78 is 2.72. The summed E-state index contributed by atoms with van der Waals surface area (Å²) in [4.78, 5) is 0. The average molecular weight is 1220 g/mol. The van der Waals surface area contributed by atoms with Crippen molar-refractivity contribution in [1.82, 2.24) is 4.57 Å². The minimum atomic E-state index is -0.546. The molecule has 0 fully saturated rings. The summed E-state index contributed by atoms with van der Waals surface area (Å²) in [6.45, 7) is 21.3. The molecule has 0 saturated carbocycles. The third-order valence-corrected chi connectivity index (χ3v) is 24.0. The number of benzene rings is 11. The zero-order chi connectivity index (χ0) is 63.9. The van der Waals surface area contributed by atoms with Crippen LogP contribution in [-0.4, -0.2) is 11.3 Å². The van der Waals surface area contributed by atoms with Crippen LogP contribution in [0.1, 0.15) is 190 Å². The number of fused-ring (bicyclic) bond motifs is 14. The van der Waals surface area contributed by atoms with Gasteiger partial charge in [0.05, 0.1) is 10.9 Å². The molecule has 3 heterocycles. The zero-order valence-corrected chi connectivity index (χ0v) is 57.0. The molecule has 0 amide bonds. The quantitative estimate of drug-likeness (QED) is 0.0596. The molecule has 0 unspecified atom stereocenters. The van der Waals surface area contributed by atoms with Crippen molar-refractivity contribution in [2.45, 2.75) is 168 Å². The highest BCUT2D eigenvalue weighted by molar-refractivity contribution is 6.98. The monoisotopic (exact) mass is 1220 g/mol. The van der Waals surface area contributed by atoms with E-state index in [-0.39, 0.29) is 17.5 Å². The van der Waals surface area contributed by atoms with E-state index in [1.807, 2.05) is 0 Å². The highest BCUT2D eigenvalue weighted by atomic mass is 15.0. The highest BCUT2D eigenvalue weighted by Gasteiger charge is 2.53. The van der Waals surface area contributed by atoms with E-state index in [0.29, 0.717) is 0 Å². The molecule has 2 heteroatoms. The molecule has 12 aromatic rings. The highest BCUT2D eigenvalue weighted by Crippen LogP contribution is 2.62. The summed E-state index contributed by atoms with van der Waals surface area (Å²) in [6, 6.07) is 80.1. The first-order chi connectivity index (χ1) is 45.9. The third-order valence-electron chi connectivity index (χ3n) is 24.0. The molecule has 0 N–H and O–H groups in total. The van der Waals surface area contributed by atoms with Gasteiger partial charge in [-0.2, -0.15) is 0 Å². The Hall–Kier alpha value is -8.72. The van der Waals surface area contributed by atoms with Gasteiger partial charge in [0.1, 0.15) is 0 Å². The van der Waals surface area contributed by atoms with Crippen molar-refractivity contribution in [2.24, 2.45) is 0 Å². The summed E-state index contributed by atoms with van der Waals surface area (Å²) >= 11 is 0. The number of para-hydroxylation sites is 2. The minimum Gasteiger partial charge on any atom is -0.310 e. The number of aryl methyl sites for hydroxylation is 5. The number of hydrogen-bond acceptors (Lipinski definition) is 0. The van der Waals surface area contributed by atoms with E-state index in [0.717, 1.165) is 0 Å². The van der Waals surface area contributed by atoms with E-state index in [1.165, 1.54) is 262 Å². The molecule has 5 aliphatic rings. The number of aromatic nitrogens is 1. The molecule has 0 saturated heterocycles. The lowest BCUT2D eigenvalue weighted by Crippen LogP contribution is -2.58. The Kier molecular flexibility index (Phi) is 14.1. The van der Waals surface area contributed by atoms with Gasteiger partial charge in [-0.25, -0.2) is 0 Å². The van der Waals surface area contributed by atoms with Crippen LogP contribution in [0.25, 0.3) is 94.3 Å². The van der Waals surface area contributed by atoms with Gasteiger partial charge in [0.25, 0.3) is 0 Å². The van der Waals surface area contributed by atoms with Gasteiger partial charge < -0.3 is 4.57 Å². The normalized spacial score (nSPS) is 14.8. The first-order valence-electron chi connectivity index (χ1n) is 36.1. The number of rotatable bonds is 18. The molecule has 464 valence electrons. The Bertz CT molecular complexity index is 5010. The largest absolute Gasteiger partial charge is 0.310 e. The molecule has 11 aromatic carbocycles. The summed E-state index contributed by atoms with van der Waals surface area (Å²) in [7, 11) is 0. The Labute approximate surface area is 559 Å². The standard InChI is InChI=1S/C92H88BN/c1-10-12-14-16-18-26-46-91(47-27-19-17-15-13-11-2)75-35-23-20-30-67(75)72-44-41-63(53-81(72)91)62-40-43-70-71-45-42-64(54-80(71)90(8,9)79(70)52-62)85-58(4)50-65(51-59(85)5)66-55-82-89-84(56-66)93(86-60(6)48-57(3)49-61(86)7)83-39-29-34-74-73-33-28-38-78(87(73)94(89)88(74)83)92(82)76-36-24-21-31-68(76)69-32-22-25-37-77(69)92/h20-25,28-45,48-56H,10-19,26-27,46-47H2,1-9H3. The molecule has 2 aliphatic heterocycles. The van der Waals surface area contributed by atoms with Crippen molar-refractivity contribution in [3.63, 3.8) is 0 Å². The Morgan fingerprint density at radius 2 is 0.798 bits per heavy atom. The lowest BCUT2D eigenvalue weighted by atomic mass is 9.33. The van der Waals surface area contributed by atoms with E-state index in [2.05, 4.69) is 267 Å². The van der Waals surface area contributed by atoms with Crippen molar-refractivity contribution in [3.05, 3.63) is 273 Å². The maximum atomic E-state index is 2.72. The number of nitrogens with zero attached hydrogens (tertiary/aromatic N) is 1. The molecular formula is C92H88BN. The Balaban J connectivity index is 0.767. The van der Waals surface area contributed by atoms with Crippen LogP contribution < -0.4 is 16.4 Å². The van der Waals surface area contributed by atoms with Crippen molar-refractivity contribution < 1.29 is 0 Å². The van der Waals surface area contributed by atoms with E-state index < -0.39 is 5.41 Å². The van der Waals surface area contributed by atoms with Gasteiger partial charge in [0.2, 0.25) is 6.71 Å². The Morgan fingerprint density at radius 3 is 1.40 bits per heavy atom. The fourth-order valence-electron chi connectivity index (χ4n) is 19.9. The number of hydrogen-bond donors (Lipinski definition) is 0. The van der Waals surface area contributed by atoms with Crippen molar-refractivity contribution in [1.29, 1.82) is 0 Å². The van der Waals surface area contributed by atoms with Gasteiger partial charge in [0, 0.05) is 32.8 Å². The van der Waals surface area contributed by atoms with E-state index in [4.69, 9.17) is 0 Å². The molecule has 94 heavy (non-hydrogen) atoms. The van der Waals surface area contributed by atoms with Crippen molar-refractivity contribution in [3.8, 4) is 72.4 Å². The van der Waals surface area contributed by atoms with Crippen LogP contribution in [-0.2, 0) is 16.2 Å². The predicted octanol–water partition coefficient (Wildman–Crippen LogP) is 22.9. The molecule has 0 bridgehead atoms. The first kappa shape index (κ1) is 59.1. The van der Waals surface area contributed by atoms with Crippen LogP contribution in [0.5, 0.6) is 0 Å².